The Bertz CT molecular complexity index is 584. The molecule has 1 aromatic rings. The molecule has 4 nitrogen and oxygen atoms in total. The molecule has 0 bridgehead atoms. The number of ketones is 1. The van der Waals surface area contributed by atoms with E-state index in [9.17, 15) is 9.59 Å². The fourth-order valence-electron chi connectivity index (χ4n) is 2.35. The van der Waals surface area contributed by atoms with Crippen LogP contribution in [0.1, 0.15) is 35.7 Å². The SMILES string of the molecule is COC(=O)CCCOc1cc2c(c(Cl)c1Cl)C(=O)C(C)C2. The third kappa shape index (κ3) is 3.33. The van der Waals surface area contributed by atoms with Crippen molar-refractivity contribution in [2.45, 2.75) is 26.2 Å². The van der Waals surface area contributed by atoms with Gasteiger partial charge in [-0.3, -0.25) is 9.59 Å². The Hall–Kier alpha value is -1.26. The van der Waals surface area contributed by atoms with E-state index < -0.39 is 0 Å². The Morgan fingerprint density at radius 1 is 1.38 bits per heavy atom. The molecule has 0 radical (unpaired) electrons. The van der Waals surface area contributed by atoms with Crippen molar-refractivity contribution in [3.8, 4) is 5.75 Å². The maximum Gasteiger partial charge on any atom is 0.305 e. The zero-order chi connectivity index (χ0) is 15.6. The first kappa shape index (κ1) is 16.1. The average molecular weight is 331 g/mol. The van der Waals surface area contributed by atoms with Crippen LogP contribution in [0.15, 0.2) is 6.07 Å². The minimum atomic E-state index is -0.281. The van der Waals surface area contributed by atoms with Crippen LogP contribution in [0.3, 0.4) is 0 Å². The third-order valence-electron chi connectivity index (χ3n) is 3.49. The number of hydrogen-bond donors (Lipinski definition) is 0. The molecule has 1 aliphatic rings. The lowest BCUT2D eigenvalue weighted by atomic mass is 10.1. The molecule has 1 atom stereocenters. The molecule has 2 rings (SSSR count). The fraction of sp³-hybridized carbons (Fsp3) is 0.467. The standard InChI is InChI=1S/C15H16Cl2O4/c1-8-6-9-7-10(21-5-3-4-11(18)20-2)13(16)14(17)12(9)15(8)19/h7-8H,3-6H2,1-2H3. The Labute approximate surface area is 133 Å². The van der Waals surface area contributed by atoms with E-state index in [0.29, 0.717) is 30.8 Å². The minimum absolute atomic E-state index is 0.0224. The Kier molecular flexibility index (Phi) is 5.12. The molecule has 0 fully saturated rings. The quantitative estimate of drug-likeness (QED) is 0.610. The Morgan fingerprint density at radius 3 is 2.76 bits per heavy atom. The maximum atomic E-state index is 12.0. The topological polar surface area (TPSA) is 52.6 Å². The summed E-state index contributed by atoms with van der Waals surface area (Å²) < 4.78 is 10.1. The van der Waals surface area contributed by atoms with Gasteiger partial charge in [0, 0.05) is 17.9 Å². The maximum absolute atomic E-state index is 12.0. The first-order valence-corrected chi connectivity index (χ1v) is 7.46. The van der Waals surface area contributed by atoms with Crippen molar-refractivity contribution in [2.75, 3.05) is 13.7 Å². The van der Waals surface area contributed by atoms with Crippen LogP contribution in [0.2, 0.25) is 10.0 Å². The number of hydrogen-bond acceptors (Lipinski definition) is 4. The first-order valence-electron chi connectivity index (χ1n) is 6.70. The molecule has 114 valence electrons. The van der Waals surface area contributed by atoms with Crippen LogP contribution < -0.4 is 4.74 Å². The van der Waals surface area contributed by atoms with Crippen LogP contribution in [0.5, 0.6) is 5.75 Å². The number of ether oxygens (including phenoxy) is 2. The molecule has 0 spiro atoms. The summed E-state index contributed by atoms with van der Waals surface area (Å²) in [6, 6.07) is 1.77. The number of fused-ring (bicyclic) bond motifs is 1. The van der Waals surface area contributed by atoms with Crippen LogP contribution >= 0.6 is 23.2 Å². The molecule has 0 saturated carbocycles. The van der Waals surface area contributed by atoms with Crippen molar-refractivity contribution in [2.24, 2.45) is 5.92 Å². The summed E-state index contributed by atoms with van der Waals surface area (Å²) in [5.74, 6) is 0.112. The van der Waals surface area contributed by atoms with E-state index in [0.717, 1.165) is 5.56 Å². The van der Waals surface area contributed by atoms with Crippen LogP contribution in [0.25, 0.3) is 0 Å². The van der Waals surface area contributed by atoms with Crippen LogP contribution in [0.4, 0.5) is 0 Å². The second-order valence-electron chi connectivity index (χ2n) is 5.03. The molecule has 1 unspecified atom stereocenters. The molecular weight excluding hydrogens is 315 g/mol. The first-order chi connectivity index (χ1) is 9.95. The van der Waals surface area contributed by atoms with Gasteiger partial charge >= 0.3 is 5.97 Å². The monoisotopic (exact) mass is 330 g/mol. The lowest BCUT2D eigenvalue weighted by molar-refractivity contribution is -0.140. The van der Waals surface area contributed by atoms with Crippen molar-refractivity contribution in [1.82, 2.24) is 0 Å². The van der Waals surface area contributed by atoms with Gasteiger partial charge in [-0.1, -0.05) is 30.1 Å². The van der Waals surface area contributed by atoms with E-state index >= 15 is 0 Å². The van der Waals surface area contributed by atoms with Crippen molar-refractivity contribution in [3.05, 3.63) is 27.2 Å². The molecule has 0 heterocycles. The molecular formula is C15H16Cl2O4. The third-order valence-corrected chi connectivity index (χ3v) is 4.34. The summed E-state index contributed by atoms with van der Waals surface area (Å²) in [6.07, 6.45) is 1.44. The molecule has 6 heteroatoms. The van der Waals surface area contributed by atoms with Gasteiger partial charge in [0.05, 0.1) is 18.7 Å². The van der Waals surface area contributed by atoms with Crippen molar-refractivity contribution < 1.29 is 19.1 Å². The van der Waals surface area contributed by atoms with E-state index in [-0.39, 0.29) is 34.1 Å². The van der Waals surface area contributed by atoms with E-state index in [1.165, 1.54) is 7.11 Å². The van der Waals surface area contributed by atoms with E-state index in [1.807, 2.05) is 6.92 Å². The summed E-state index contributed by atoms with van der Waals surface area (Å²) >= 11 is 12.3. The number of carbonyl (C=O) groups is 2. The van der Waals surface area contributed by atoms with Gasteiger partial charge in [0.25, 0.3) is 0 Å². The molecule has 0 N–H and O–H groups in total. The van der Waals surface area contributed by atoms with E-state index in [1.54, 1.807) is 6.07 Å². The number of rotatable bonds is 5. The molecule has 0 amide bonds. The van der Waals surface area contributed by atoms with Crippen molar-refractivity contribution >= 4 is 35.0 Å². The highest BCUT2D eigenvalue weighted by atomic mass is 35.5. The average Bonchev–Trinajstić information content (AvgIpc) is 2.74. The molecule has 0 saturated heterocycles. The minimum Gasteiger partial charge on any atom is -0.492 e. The van der Waals surface area contributed by atoms with Crippen LogP contribution in [0, 0.1) is 5.92 Å². The second-order valence-corrected chi connectivity index (χ2v) is 5.79. The summed E-state index contributed by atoms with van der Waals surface area (Å²) in [7, 11) is 1.35. The van der Waals surface area contributed by atoms with Gasteiger partial charge in [0.2, 0.25) is 0 Å². The number of esters is 1. The number of carbonyl (C=O) groups excluding carboxylic acids is 2. The van der Waals surface area contributed by atoms with Gasteiger partial charge in [-0.05, 0) is 24.5 Å². The van der Waals surface area contributed by atoms with Crippen molar-refractivity contribution in [1.29, 1.82) is 0 Å². The number of methoxy groups -OCH3 is 1. The number of benzene rings is 1. The zero-order valence-corrected chi connectivity index (χ0v) is 13.4. The predicted octanol–water partition coefficient (Wildman–Crippen LogP) is 3.70. The van der Waals surface area contributed by atoms with E-state index in [4.69, 9.17) is 27.9 Å². The van der Waals surface area contributed by atoms with Gasteiger partial charge in [-0.25, -0.2) is 0 Å². The molecule has 1 aliphatic carbocycles. The Balaban J connectivity index is 2.09. The number of halogens is 2. The molecule has 0 aliphatic heterocycles. The van der Waals surface area contributed by atoms with Gasteiger partial charge in [-0.2, -0.15) is 0 Å². The Morgan fingerprint density at radius 2 is 2.10 bits per heavy atom. The van der Waals surface area contributed by atoms with Gasteiger partial charge in [0.15, 0.2) is 5.78 Å². The zero-order valence-electron chi connectivity index (χ0n) is 11.9. The fourth-order valence-corrected chi connectivity index (χ4v) is 2.87. The van der Waals surface area contributed by atoms with Gasteiger partial charge < -0.3 is 9.47 Å². The van der Waals surface area contributed by atoms with Crippen LogP contribution in [-0.2, 0) is 16.0 Å². The normalized spacial score (nSPS) is 16.8. The molecule has 21 heavy (non-hydrogen) atoms. The number of Topliss-reactive ketones (excluding diaryl/α,β-unsaturated/α-hetero) is 1. The highest BCUT2D eigenvalue weighted by Gasteiger charge is 2.31. The largest absolute Gasteiger partial charge is 0.492 e. The van der Waals surface area contributed by atoms with Gasteiger partial charge in [0.1, 0.15) is 10.8 Å². The second kappa shape index (κ2) is 6.67. The highest BCUT2D eigenvalue weighted by molar-refractivity contribution is 6.45. The summed E-state index contributed by atoms with van der Waals surface area (Å²) in [5.41, 5.74) is 1.38. The summed E-state index contributed by atoms with van der Waals surface area (Å²) in [4.78, 5) is 23.0. The van der Waals surface area contributed by atoms with Gasteiger partial charge in [-0.15, -0.1) is 0 Å². The van der Waals surface area contributed by atoms with Crippen molar-refractivity contribution in [3.63, 3.8) is 0 Å². The van der Waals surface area contributed by atoms with E-state index in [2.05, 4.69) is 4.74 Å². The van der Waals surface area contributed by atoms with Crippen LogP contribution in [-0.4, -0.2) is 25.5 Å². The molecule has 0 aromatic heterocycles. The summed E-state index contributed by atoms with van der Waals surface area (Å²) in [5, 5.41) is 0.502. The predicted molar refractivity (Wildman–Crippen MR) is 80.4 cm³/mol. The lowest BCUT2D eigenvalue weighted by Gasteiger charge is -2.11. The lowest BCUT2D eigenvalue weighted by Crippen LogP contribution is -2.06. The highest BCUT2D eigenvalue weighted by Crippen LogP contribution is 2.42. The smallest absolute Gasteiger partial charge is 0.305 e. The summed E-state index contributed by atoms with van der Waals surface area (Å²) in [6.45, 7) is 2.19. The molecule has 1 aromatic carbocycles.